The molecule has 0 aliphatic heterocycles. The van der Waals surface area contributed by atoms with Crippen LogP contribution < -0.4 is 5.56 Å². The molecule has 1 aliphatic carbocycles. The third-order valence-electron chi connectivity index (χ3n) is 9.78. The summed E-state index contributed by atoms with van der Waals surface area (Å²) in [6, 6.07) is 49.1. The van der Waals surface area contributed by atoms with Crippen molar-refractivity contribution >= 4 is 43.2 Å². The van der Waals surface area contributed by atoms with Crippen LogP contribution in [0.1, 0.15) is 25.0 Å². The molecule has 9 rings (SSSR count). The molecule has 0 unspecified atom stereocenters. The molecule has 0 fully saturated rings. The standard InChI is InChI=1S/C42H29NO/c1-42(2)36-23-13-12-17-28(36)34-24-35-27-16-6-11-22-33(27)41(44)43(38(35)25-37(34)42)40-31-20-9-7-18-29(31)39(26-14-4-3-5-15-26)30-19-8-10-21-32(30)40/h3-25H,1-2H3. The fourth-order valence-corrected chi connectivity index (χ4v) is 7.76. The second kappa shape index (κ2) is 9.02. The van der Waals surface area contributed by atoms with Gasteiger partial charge in [0.1, 0.15) is 0 Å². The third kappa shape index (κ3) is 3.28. The number of hydrogen-bond acceptors (Lipinski definition) is 1. The van der Waals surface area contributed by atoms with Crippen molar-refractivity contribution in [1.29, 1.82) is 0 Å². The van der Waals surface area contributed by atoms with Crippen LogP contribution in [-0.2, 0) is 5.41 Å². The van der Waals surface area contributed by atoms with E-state index in [1.165, 1.54) is 33.4 Å². The first-order chi connectivity index (χ1) is 21.5. The van der Waals surface area contributed by atoms with Crippen LogP contribution >= 0.6 is 0 Å². The topological polar surface area (TPSA) is 22.0 Å². The molecular formula is C42H29NO. The minimum atomic E-state index is -0.187. The summed E-state index contributed by atoms with van der Waals surface area (Å²) in [6.45, 7) is 4.60. The van der Waals surface area contributed by atoms with Crippen LogP contribution in [0.15, 0.2) is 144 Å². The average molecular weight is 564 g/mol. The molecule has 1 heterocycles. The number of hydrogen-bond donors (Lipinski definition) is 0. The molecule has 1 aliphatic rings. The van der Waals surface area contributed by atoms with Crippen molar-refractivity contribution < 1.29 is 0 Å². The Hall–Kier alpha value is -5.47. The van der Waals surface area contributed by atoms with Gasteiger partial charge in [-0.05, 0) is 67.7 Å². The molecule has 0 radical (unpaired) electrons. The molecule has 0 saturated carbocycles. The molecule has 0 saturated heterocycles. The van der Waals surface area contributed by atoms with E-state index in [9.17, 15) is 4.79 Å². The Morgan fingerprint density at radius 1 is 0.477 bits per heavy atom. The van der Waals surface area contributed by atoms with E-state index in [2.05, 4.69) is 135 Å². The molecule has 7 aromatic carbocycles. The van der Waals surface area contributed by atoms with Crippen LogP contribution in [-0.4, -0.2) is 4.57 Å². The van der Waals surface area contributed by atoms with Gasteiger partial charge in [-0.1, -0.05) is 135 Å². The number of pyridine rings is 1. The molecule has 208 valence electrons. The summed E-state index contributed by atoms with van der Waals surface area (Å²) in [7, 11) is 0. The maximum absolute atomic E-state index is 14.8. The van der Waals surface area contributed by atoms with Gasteiger partial charge in [0.2, 0.25) is 0 Å². The van der Waals surface area contributed by atoms with Crippen molar-refractivity contribution in [3.63, 3.8) is 0 Å². The average Bonchev–Trinajstić information content (AvgIpc) is 3.29. The highest BCUT2D eigenvalue weighted by molar-refractivity contribution is 6.19. The van der Waals surface area contributed by atoms with Gasteiger partial charge >= 0.3 is 0 Å². The second-order valence-electron chi connectivity index (χ2n) is 12.5. The largest absolute Gasteiger partial charge is 0.275 e. The predicted molar refractivity (Wildman–Crippen MR) is 185 cm³/mol. The number of fused-ring (bicyclic) bond motifs is 8. The summed E-state index contributed by atoms with van der Waals surface area (Å²) < 4.78 is 2.01. The van der Waals surface area contributed by atoms with Gasteiger partial charge in [-0.25, -0.2) is 0 Å². The number of benzene rings is 7. The summed E-state index contributed by atoms with van der Waals surface area (Å²) in [5.74, 6) is 0. The lowest BCUT2D eigenvalue weighted by Crippen LogP contribution is -2.21. The van der Waals surface area contributed by atoms with Gasteiger partial charge in [0, 0.05) is 27.0 Å². The molecule has 0 amide bonds. The van der Waals surface area contributed by atoms with Gasteiger partial charge in [0.05, 0.1) is 11.2 Å². The number of nitrogens with zero attached hydrogens (tertiary/aromatic N) is 1. The lowest BCUT2D eigenvalue weighted by Gasteiger charge is -2.24. The summed E-state index contributed by atoms with van der Waals surface area (Å²) in [5.41, 5.74) is 9.16. The summed E-state index contributed by atoms with van der Waals surface area (Å²) >= 11 is 0. The lowest BCUT2D eigenvalue weighted by atomic mass is 9.82. The van der Waals surface area contributed by atoms with Crippen LogP contribution in [0.4, 0.5) is 0 Å². The highest BCUT2D eigenvalue weighted by Crippen LogP contribution is 2.50. The fourth-order valence-electron chi connectivity index (χ4n) is 7.76. The van der Waals surface area contributed by atoms with Crippen LogP contribution in [0.25, 0.3) is 71.2 Å². The van der Waals surface area contributed by atoms with Crippen LogP contribution in [0.2, 0.25) is 0 Å². The van der Waals surface area contributed by atoms with Crippen molar-refractivity contribution in [3.05, 3.63) is 161 Å². The second-order valence-corrected chi connectivity index (χ2v) is 12.5. The Morgan fingerprint density at radius 2 is 1.02 bits per heavy atom. The fraction of sp³-hybridized carbons (Fsp3) is 0.0714. The summed E-state index contributed by atoms with van der Waals surface area (Å²) in [5, 5.41) is 7.20. The zero-order valence-corrected chi connectivity index (χ0v) is 24.6. The molecule has 0 N–H and O–H groups in total. The Kier molecular flexibility index (Phi) is 5.14. The van der Waals surface area contributed by atoms with Gasteiger partial charge in [0.15, 0.2) is 0 Å². The summed E-state index contributed by atoms with van der Waals surface area (Å²) in [4.78, 5) is 14.8. The highest BCUT2D eigenvalue weighted by Gasteiger charge is 2.36. The Bertz CT molecular complexity index is 2480. The quantitative estimate of drug-likeness (QED) is 0.151. The minimum Gasteiger partial charge on any atom is -0.275 e. The van der Waals surface area contributed by atoms with Crippen LogP contribution in [0.3, 0.4) is 0 Å². The minimum absolute atomic E-state index is 0.00383. The molecule has 0 spiro atoms. The van der Waals surface area contributed by atoms with E-state index >= 15 is 0 Å². The molecule has 2 nitrogen and oxygen atoms in total. The van der Waals surface area contributed by atoms with Gasteiger partial charge < -0.3 is 0 Å². The van der Waals surface area contributed by atoms with E-state index in [0.717, 1.165) is 48.9 Å². The first kappa shape index (κ1) is 25.1. The van der Waals surface area contributed by atoms with Crippen LogP contribution in [0.5, 0.6) is 0 Å². The van der Waals surface area contributed by atoms with Crippen molar-refractivity contribution in [1.82, 2.24) is 4.57 Å². The third-order valence-corrected chi connectivity index (χ3v) is 9.78. The molecule has 8 aromatic rings. The van der Waals surface area contributed by atoms with Gasteiger partial charge in [0.25, 0.3) is 5.56 Å². The molecule has 0 atom stereocenters. The first-order valence-electron chi connectivity index (χ1n) is 15.2. The van der Waals surface area contributed by atoms with E-state index in [4.69, 9.17) is 0 Å². The van der Waals surface area contributed by atoms with Crippen molar-refractivity contribution in [2.45, 2.75) is 19.3 Å². The predicted octanol–water partition coefficient (Wildman–Crippen LogP) is 10.4. The Balaban J connectivity index is 1.51. The molecule has 0 bridgehead atoms. The first-order valence-corrected chi connectivity index (χ1v) is 15.2. The van der Waals surface area contributed by atoms with Crippen molar-refractivity contribution in [2.24, 2.45) is 0 Å². The Labute approximate surface area is 255 Å². The van der Waals surface area contributed by atoms with Gasteiger partial charge in [-0.15, -0.1) is 0 Å². The van der Waals surface area contributed by atoms with Crippen molar-refractivity contribution in [3.8, 4) is 27.9 Å². The van der Waals surface area contributed by atoms with Gasteiger partial charge in [-0.3, -0.25) is 9.36 Å². The number of aromatic nitrogens is 1. The smallest absolute Gasteiger partial charge is 0.263 e. The highest BCUT2D eigenvalue weighted by atomic mass is 16.1. The van der Waals surface area contributed by atoms with E-state index in [-0.39, 0.29) is 11.0 Å². The summed E-state index contributed by atoms with van der Waals surface area (Å²) in [6.07, 6.45) is 0. The molecular weight excluding hydrogens is 534 g/mol. The van der Waals surface area contributed by atoms with Gasteiger partial charge in [-0.2, -0.15) is 0 Å². The Morgan fingerprint density at radius 3 is 1.70 bits per heavy atom. The van der Waals surface area contributed by atoms with E-state index in [1.807, 2.05) is 22.8 Å². The maximum atomic E-state index is 14.8. The van der Waals surface area contributed by atoms with Crippen LogP contribution in [0, 0.1) is 0 Å². The zero-order valence-electron chi connectivity index (χ0n) is 24.6. The van der Waals surface area contributed by atoms with Crippen molar-refractivity contribution in [2.75, 3.05) is 0 Å². The number of rotatable bonds is 2. The molecule has 1 aromatic heterocycles. The van der Waals surface area contributed by atoms with E-state index in [1.54, 1.807) is 0 Å². The lowest BCUT2D eigenvalue weighted by molar-refractivity contribution is 0.661. The molecule has 2 heteroatoms. The monoisotopic (exact) mass is 563 g/mol. The maximum Gasteiger partial charge on any atom is 0.263 e. The zero-order chi connectivity index (χ0) is 29.6. The SMILES string of the molecule is CC1(C)c2ccccc2-c2cc3c4ccccc4c(=O)n(-c4c5ccccc5c(-c5ccccc5)c5ccccc45)c3cc21. The molecule has 44 heavy (non-hydrogen) atoms. The normalized spacial score (nSPS) is 13.5. The van der Waals surface area contributed by atoms with E-state index in [0.29, 0.717) is 0 Å². The van der Waals surface area contributed by atoms with E-state index < -0.39 is 0 Å².